The van der Waals surface area contributed by atoms with Gasteiger partial charge in [-0.05, 0) is 45.4 Å². The summed E-state index contributed by atoms with van der Waals surface area (Å²) in [6.45, 7) is 5.90. The molecule has 2 aromatic rings. The molecule has 192 valence electrons. The fourth-order valence-corrected chi connectivity index (χ4v) is 4.61. The molecule has 2 aromatic carbocycles. The van der Waals surface area contributed by atoms with E-state index in [2.05, 4.69) is 5.32 Å². The molecular weight excluding hydrogens is 473 g/mol. The van der Waals surface area contributed by atoms with Crippen molar-refractivity contribution in [1.82, 2.24) is 10.2 Å². The largest absolute Gasteiger partial charge is 0.492 e. The predicted molar refractivity (Wildman–Crippen MR) is 134 cm³/mol. The third-order valence-electron chi connectivity index (χ3n) is 5.40. The van der Waals surface area contributed by atoms with Gasteiger partial charge in [0.2, 0.25) is 21.8 Å². The molecule has 8 nitrogen and oxygen atoms in total. The lowest BCUT2D eigenvalue weighted by Crippen LogP contribution is -2.47. The maximum absolute atomic E-state index is 14.3. The molecule has 0 aromatic heterocycles. The Morgan fingerprint density at radius 2 is 1.74 bits per heavy atom. The number of halogens is 1. The van der Waals surface area contributed by atoms with Crippen LogP contribution in [0.25, 0.3) is 0 Å². The summed E-state index contributed by atoms with van der Waals surface area (Å²) in [6, 6.07) is 12.1. The average molecular weight is 508 g/mol. The number of likely N-dealkylation sites (N-methyl/N-ethyl adjacent to an activating group) is 1. The molecule has 0 aliphatic heterocycles. The molecule has 0 spiro atoms. The molecule has 35 heavy (non-hydrogen) atoms. The predicted octanol–water partition coefficient (Wildman–Crippen LogP) is 3.32. The molecule has 0 fully saturated rings. The lowest BCUT2D eigenvalue weighted by molar-refractivity contribution is -0.140. The molecule has 2 rings (SSSR count). The summed E-state index contributed by atoms with van der Waals surface area (Å²) in [5.74, 6) is -0.763. The number of ether oxygens (including phenoxy) is 1. The summed E-state index contributed by atoms with van der Waals surface area (Å²) < 4.78 is 46.1. The first kappa shape index (κ1) is 28.1. The van der Waals surface area contributed by atoms with E-state index in [0.29, 0.717) is 30.2 Å². The SMILES string of the molecule is CCNC(=O)C(C)N(Cc1ccccc1F)C(=O)CCCN(c1ccccc1OCC)S(C)(=O)=O. The van der Waals surface area contributed by atoms with Crippen molar-refractivity contribution in [3.8, 4) is 5.75 Å². The van der Waals surface area contributed by atoms with Crippen LogP contribution in [0.15, 0.2) is 48.5 Å². The lowest BCUT2D eigenvalue weighted by Gasteiger charge is -2.29. The highest BCUT2D eigenvalue weighted by atomic mass is 32.2. The van der Waals surface area contributed by atoms with E-state index in [1.165, 1.54) is 15.3 Å². The Morgan fingerprint density at radius 1 is 1.09 bits per heavy atom. The van der Waals surface area contributed by atoms with Crippen molar-refractivity contribution >= 4 is 27.5 Å². The van der Waals surface area contributed by atoms with Gasteiger partial charge >= 0.3 is 0 Å². The minimum absolute atomic E-state index is 0.0268. The molecule has 0 radical (unpaired) electrons. The van der Waals surface area contributed by atoms with Crippen molar-refractivity contribution in [1.29, 1.82) is 0 Å². The van der Waals surface area contributed by atoms with Crippen molar-refractivity contribution in [2.75, 3.05) is 30.3 Å². The van der Waals surface area contributed by atoms with Crippen LogP contribution in [0.4, 0.5) is 10.1 Å². The molecular formula is C25H34FN3O5S. The number of sulfonamides is 1. The van der Waals surface area contributed by atoms with Gasteiger partial charge in [-0.25, -0.2) is 12.8 Å². The van der Waals surface area contributed by atoms with Crippen LogP contribution in [0.2, 0.25) is 0 Å². The van der Waals surface area contributed by atoms with Crippen LogP contribution in [0.1, 0.15) is 39.2 Å². The van der Waals surface area contributed by atoms with Crippen LogP contribution >= 0.6 is 0 Å². The van der Waals surface area contributed by atoms with E-state index in [4.69, 9.17) is 4.74 Å². The normalized spacial score (nSPS) is 12.0. The number of amides is 2. The first-order valence-corrected chi connectivity index (χ1v) is 13.4. The van der Waals surface area contributed by atoms with Gasteiger partial charge in [-0.15, -0.1) is 0 Å². The highest BCUT2D eigenvalue weighted by Gasteiger charge is 2.27. The average Bonchev–Trinajstić information content (AvgIpc) is 2.81. The molecule has 1 atom stereocenters. The zero-order valence-corrected chi connectivity index (χ0v) is 21.5. The third kappa shape index (κ3) is 7.95. The molecule has 0 aliphatic carbocycles. The summed E-state index contributed by atoms with van der Waals surface area (Å²) in [5.41, 5.74) is 0.684. The van der Waals surface area contributed by atoms with Gasteiger partial charge in [-0.2, -0.15) is 0 Å². The smallest absolute Gasteiger partial charge is 0.242 e. The van der Waals surface area contributed by atoms with Crippen LogP contribution in [-0.4, -0.2) is 57.1 Å². The van der Waals surface area contributed by atoms with Crippen LogP contribution in [0.3, 0.4) is 0 Å². The Kier molecular flexibility index (Phi) is 10.5. The first-order valence-electron chi connectivity index (χ1n) is 11.6. The first-order chi connectivity index (χ1) is 16.6. The van der Waals surface area contributed by atoms with E-state index in [1.54, 1.807) is 63.2 Å². The number of carbonyl (C=O) groups excluding carboxylic acids is 2. The number of nitrogens with zero attached hydrogens (tertiary/aromatic N) is 2. The topological polar surface area (TPSA) is 96.0 Å². The Labute approximate surface area is 207 Å². The van der Waals surface area contributed by atoms with Crippen molar-refractivity contribution < 1.29 is 27.1 Å². The molecule has 1 unspecified atom stereocenters. The zero-order valence-electron chi connectivity index (χ0n) is 20.7. The molecule has 10 heteroatoms. The maximum atomic E-state index is 14.3. The Morgan fingerprint density at radius 3 is 2.37 bits per heavy atom. The lowest BCUT2D eigenvalue weighted by atomic mass is 10.1. The second-order valence-corrected chi connectivity index (χ2v) is 9.93. The number of nitrogens with one attached hydrogen (secondary N) is 1. The van der Waals surface area contributed by atoms with Crippen molar-refractivity contribution in [2.24, 2.45) is 0 Å². The van der Waals surface area contributed by atoms with Gasteiger partial charge in [0, 0.05) is 31.6 Å². The minimum atomic E-state index is -3.65. The monoisotopic (exact) mass is 507 g/mol. The molecule has 0 bridgehead atoms. The molecule has 2 amide bonds. The number of para-hydroxylation sites is 2. The molecule has 0 saturated heterocycles. The van der Waals surface area contributed by atoms with Crippen LogP contribution < -0.4 is 14.4 Å². The van der Waals surface area contributed by atoms with Crippen molar-refractivity contribution in [3.63, 3.8) is 0 Å². The highest BCUT2D eigenvalue weighted by molar-refractivity contribution is 7.92. The standard InChI is InChI=1S/C25H34FN3O5S/c1-5-27-25(31)19(3)28(18-20-12-7-8-13-21(20)26)24(30)16-11-17-29(35(4,32)33)22-14-9-10-15-23(22)34-6-2/h7-10,12-15,19H,5-6,11,16-18H2,1-4H3,(H,27,31). The van der Waals surface area contributed by atoms with Crippen LogP contribution in [0, 0.1) is 5.82 Å². The quantitative estimate of drug-likeness (QED) is 0.449. The second kappa shape index (κ2) is 13.1. The van der Waals surface area contributed by atoms with Gasteiger partial charge in [-0.1, -0.05) is 30.3 Å². The zero-order chi connectivity index (χ0) is 26.0. The summed E-state index contributed by atoms with van der Waals surface area (Å²) in [6.07, 6.45) is 1.27. The number of rotatable bonds is 13. The molecule has 0 heterocycles. The number of hydrogen-bond donors (Lipinski definition) is 1. The maximum Gasteiger partial charge on any atom is 0.242 e. The molecule has 0 aliphatic rings. The van der Waals surface area contributed by atoms with Gasteiger partial charge in [0.1, 0.15) is 17.6 Å². The van der Waals surface area contributed by atoms with Gasteiger partial charge in [0.25, 0.3) is 0 Å². The van der Waals surface area contributed by atoms with Gasteiger partial charge in [0.05, 0.1) is 18.6 Å². The van der Waals surface area contributed by atoms with Crippen LogP contribution in [0.5, 0.6) is 5.75 Å². The number of benzene rings is 2. The van der Waals surface area contributed by atoms with E-state index in [9.17, 15) is 22.4 Å². The fraction of sp³-hybridized carbons (Fsp3) is 0.440. The Hall–Kier alpha value is -3.14. The fourth-order valence-electron chi connectivity index (χ4n) is 3.64. The summed E-state index contributed by atoms with van der Waals surface area (Å²) in [4.78, 5) is 27.0. The summed E-state index contributed by atoms with van der Waals surface area (Å²) >= 11 is 0. The highest BCUT2D eigenvalue weighted by Crippen LogP contribution is 2.30. The number of anilines is 1. The number of hydrogen-bond acceptors (Lipinski definition) is 5. The summed E-state index contributed by atoms with van der Waals surface area (Å²) in [7, 11) is -3.65. The van der Waals surface area contributed by atoms with Gasteiger partial charge < -0.3 is 15.0 Å². The van der Waals surface area contributed by atoms with E-state index >= 15 is 0 Å². The Bertz CT molecular complexity index is 1110. The molecule has 0 saturated carbocycles. The second-order valence-electron chi connectivity index (χ2n) is 8.02. The van der Waals surface area contributed by atoms with Gasteiger partial charge in [0.15, 0.2) is 0 Å². The van der Waals surface area contributed by atoms with E-state index < -0.39 is 21.9 Å². The molecule has 1 N–H and O–H groups in total. The number of carbonyl (C=O) groups is 2. The van der Waals surface area contributed by atoms with E-state index in [0.717, 1.165) is 6.26 Å². The Balaban J connectivity index is 2.20. The summed E-state index contributed by atoms with van der Waals surface area (Å²) in [5, 5.41) is 2.69. The van der Waals surface area contributed by atoms with Crippen molar-refractivity contribution in [2.45, 2.75) is 46.2 Å². The van der Waals surface area contributed by atoms with Crippen molar-refractivity contribution in [3.05, 3.63) is 59.9 Å². The minimum Gasteiger partial charge on any atom is -0.492 e. The van der Waals surface area contributed by atoms with Gasteiger partial charge in [-0.3, -0.25) is 13.9 Å². The van der Waals surface area contributed by atoms with Crippen LogP contribution in [-0.2, 0) is 26.2 Å². The third-order valence-corrected chi connectivity index (χ3v) is 6.58. The van der Waals surface area contributed by atoms with E-state index in [-0.39, 0.29) is 37.7 Å². The van der Waals surface area contributed by atoms with E-state index in [1.807, 2.05) is 0 Å².